The van der Waals surface area contributed by atoms with E-state index in [9.17, 15) is 39.0 Å². The molecule has 0 heterocycles. The molecule has 216 valence electrons. The molecule has 0 saturated heterocycles. The van der Waals surface area contributed by atoms with E-state index in [1.165, 1.54) is 19.0 Å². The third-order valence-corrected chi connectivity index (χ3v) is 8.30. The maximum atomic E-state index is 14.0. The van der Waals surface area contributed by atoms with Gasteiger partial charge in [-0.1, -0.05) is 0 Å². The summed E-state index contributed by atoms with van der Waals surface area (Å²) >= 11 is 0. The molecule has 2 unspecified atom stereocenters. The van der Waals surface area contributed by atoms with E-state index < -0.39 is 76.2 Å². The lowest BCUT2D eigenvalue weighted by Crippen LogP contribution is -2.74. The number of aliphatic hydroxyl groups is 1. The van der Waals surface area contributed by atoms with E-state index in [1.807, 2.05) is 0 Å². The highest BCUT2D eigenvalue weighted by Crippen LogP contribution is 2.52. The fraction of sp³-hybridized carbons (Fsp3) is 0.556. The topological polar surface area (TPSA) is 197 Å². The van der Waals surface area contributed by atoms with Crippen LogP contribution in [0.25, 0.3) is 0 Å². The SMILES string of the molecule is CCOC(=O)NCc1cc(N(C)C)c2c(c1O)C(=O)C1C(=O)[C@@]3(O)C(=O)C(C(N)=O)C(=O)[C@H](N(C)C)[C@H]3C[C@H]1C2. The average molecular weight is 559 g/mol. The Morgan fingerprint density at radius 3 is 2.35 bits per heavy atom. The minimum absolute atomic E-state index is 0.0380. The van der Waals surface area contributed by atoms with Crippen molar-refractivity contribution < 1.29 is 43.7 Å². The number of amides is 2. The number of fused-ring (bicyclic) bond motifs is 3. The van der Waals surface area contributed by atoms with Crippen LogP contribution in [0.3, 0.4) is 0 Å². The first-order valence-corrected chi connectivity index (χ1v) is 13.0. The van der Waals surface area contributed by atoms with Crippen molar-refractivity contribution >= 4 is 40.8 Å². The van der Waals surface area contributed by atoms with Gasteiger partial charge in [-0.25, -0.2) is 4.79 Å². The van der Waals surface area contributed by atoms with Gasteiger partial charge in [-0.2, -0.15) is 0 Å². The van der Waals surface area contributed by atoms with E-state index in [4.69, 9.17) is 10.5 Å². The zero-order valence-corrected chi connectivity index (χ0v) is 23.0. The van der Waals surface area contributed by atoms with Gasteiger partial charge in [-0.3, -0.25) is 28.9 Å². The first-order chi connectivity index (χ1) is 18.7. The summed E-state index contributed by atoms with van der Waals surface area (Å²) in [5, 5.41) is 25.3. The van der Waals surface area contributed by atoms with Crippen LogP contribution in [0, 0.1) is 23.7 Å². The minimum Gasteiger partial charge on any atom is -0.507 e. The van der Waals surface area contributed by atoms with E-state index in [1.54, 1.807) is 32.0 Å². The van der Waals surface area contributed by atoms with Crippen molar-refractivity contribution in [3.63, 3.8) is 0 Å². The van der Waals surface area contributed by atoms with E-state index in [2.05, 4.69) is 5.32 Å². The fourth-order valence-corrected chi connectivity index (χ4v) is 6.59. The molecule has 13 nitrogen and oxygen atoms in total. The number of benzene rings is 1. The molecule has 6 atom stereocenters. The van der Waals surface area contributed by atoms with Gasteiger partial charge in [-0.15, -0.1) is 0 Å². The number of Topliss-reactive ketones (excluding diaryl/α,β-unsaturated/α-hetero) is 4. The highest BCUT2D eigenvalue weighted by atomic mass is 16.5. The molecule has 0 spiro atoms. The highest BCUT2D eigenvalue weighted by molar-refractivity contribution is 6.32. The fourth-order valence-electron chi connectivity index (χ4n) is 6.59. The molecular weight excluding hydrogens is 524 g/mol. The Morgan fingerprint density at radius 1 is 1.15 bits per heavy atom. The molecule has 3 aliphatic carbocycles. The summed E-state index contributed by atoms with van der Waals surface area (Å²) in [5.74, 6) is -11.2. The van der Waals surface area contributed by atoms with Crippen molar-refractivity contribution in [1.29, 1.82) is 0 Å². The highest BCUT2D eigenvalue weighted by Gasteiger charge is 2.69. The van der Waals surface area contributed by atoms with Crippen molar-refractivity contribution in [2.75, 3.05) is 39.7 Å². The second kappa shape index (κ2) is 10.3. The summed E-state index contributed by atoms with van der Waals surface area (Å²) in [6.07, 6.45) is -0.625. The monoisotopic (exact) mass is 558 g/mol. The molecular formula is C27H34N4O9. The molecule has 0 aromatic heterocycles. The van der Waals surface area contributed by atoms with Crippen LogP contribution in [0.15, 0.2) is 6.07 Å². The summed E-state index contributed by atoms with van der Waals surface area (Å²) in [7, 11) is 6.54. The Hall–Kier alpha value is -3.84. The number of carbonyl (C=O) groups is 6. The molecule has 5 N–H and O–H groups in total. The second-order valence-corrected chi connectivity index (χ2v) is 11.0. The third-order valence-electron chi connectivity index (χ3n) is 8.30. The number of nitrogens with zero attached hydrogens (tertiary/aromatic N) is 2. The van der Waals surface area contributed by atoms with Crippen molar-refractivity contribution in [3.8, 4) is 5.75 Å². The number of hydrogen-bond donors (Lipinski definition) is 4. The number of nitrogens with two attached hydrogens (primary N) is 1. The summed E-state index contributed by atoms with van der Waals surface area (Å²) in [5.41, 5.74) is 3.65. The lowest BCUT2D eigenvalue weighted by molar-refractivity contribution is -0.181. The van der Waals surface area contributed by atoms with E-state index in [0.29, 0.717) is 11.3 Å². The van der Waals surface area contributed by atoms with Gasteiger partial charge < -0.3 is 30.9 Å². The normalized spacial score (nSPS) is 29.4. The molecule has 13 heteroatoms. The number of ketones is 4. The van der Waals surface area contributed by atoms with Gasteiger partial charge in [-0.05, 0) is 51.4 Å². The third kappa shape index (κ3) is 4.24. The van der Waals surface area contributed by atoms with Gasteiger partial charge in [0.25, 0.3) is 0 Å². The van der Waals surface area contributed by atoms with Crippen molar-refractivity contribution in [2.45, 2.75) is 38.0 Å². The van der Waals surface area contributed by atoms with Crippen LogP contribution in [-0.2, 0) is 36.9 Å². The summed E-state index contributed by atoms with van der Waals surface area (Å²) < 4.78 is 4.86. The molecule has 2 fully saturated rings. The zero-order chi connectivity index (χ0) is 29.8. The Kier molecular flexibility index (Phi) is 7.50. The molecule has 0 bridgehead atoms. The van der Waals surface area contributed by atoms with E-state index >= 15 is 0 Å². The minimum atomic E-state index is -2.79. The maximum Gasteiger partial charge on any atom is 0.407 e. The second-order valence-electron chi connectivity index (χ2n) is 11.0. The van der Waals surface area contributed by atoms with Crippen LogP contribution in [0.4, 0.5) is 10.5 Å². The Labute approximate surface area is 230 Å². The summed E-state index contributed by atoms with van der Waals surface area (Å²) in [4.78, 5) is 81.6. The van der Waals surface area contributed by atoms with Gasteiger partial charge in [0, 0.05) is 37.8 Å². The molecule has 4 rings (SSSR count). The number of nitrogens with one attached hydrogen (secondary N) is 1. The number of primary amides is 1. The molecule has 0 radical (unpaired) electrons. The predicted octanol–water partition coefficient (Wildman–Crippen LogP) is -0.821. The molecule has 2 amide bonds. The van der Waals surface area contributed by atoms with Crippen LogP contribution in [0.5, 0.6) is 5.75 Å². The van der Waals surface area contributed by atoms with E-state index in [0.717, 1.165) is 0 Å². The number of hydrogen-bond acceptors (Lipinski definition) is 11. The van der Waals surface area contributed by atoms with Gasteiger partial charge in [0.2, 0.25) is 5.91 Å². The van der Waals surface area contributed by atoms with Crippen LogP contribution >= 0.6 is 0 Å². The maximum absolute atomic E-state index is 14.0. The first kappa shape index (κ1) is 29.2. The van der Waals surface area contributed by atoms with Crippen molar-refractivity contribution in [1.82, 2.24) is 10.2 Å². The van der Waals surface area contributed by atoms with Crippen LogP contribution < -0.4 is 16.0 Å². The summed E-state index contributed by atoms with van der Waals surface area (Å²) in [6, 6.07) is 0.461. The smallest absolute Gasteiger partial charge is 0.407 e. The standard InChI is InChI=1S/C27H34N4O9/c1-6-40-26(38)29-10-12-9-15(30(2)3)13-7-11-8-14-19(31(4)5)22(34)18(25(28)37)24(36)27(14,39)23(35)16(11)21(33)17(13)20(12)32/h9,11,14,16,18-19,32,39H,6-8,10H2,1-5H3,(H2,28,37)(H,29,38)/t11-,14-,16?,18?,19-,27-/m1/s1. The number of likely N-dealkylation sites (N-methyl/N-ethyl adjacent to an activating group) is 1. The number of carbonyl (C=O) groups excluding carboxylic acids is 6. The lowest BCUT2D eigenvalue weighted by atomic mass is 9.52. The Bertz CT molecular complexity index is 1320. The molecule has 0 aliphatic heterocycles. The zero-order valence-electron chi connectivity index (χ0n) is 23.0. The van der Waals surface area contributed by atoms with Gasteiger partial charge in [0.1, 0.15) is 5.75 Å². The quantitative estimate of drug-likeness (QED) is 0.318. The predicted molar refractivity (Wildman–Crippen MR) is 140 cm³/mol. The Balaban J connectivity index is 1.83. The van der Waals surface area contributed by atoms with Gasteiger partial charge in [0.15, 0.2) is 34.7 Å². The molecule has 3 aliphatic rings. The number of rotatable bonds is 6. The Morgan fingerprint density at radius 2 is 1.80 bits per heavy atom. The lowest BCUT2D eigenvalue weighted by Gasteiger charge is -2.52. The number of ether oxygens (including phenoxy) is 1. The number of phenolic OH excluding ortho intramolecular Hbond substituents is 1. The summed E-state index contributed by atoms with van der Waals surface area (Å²) in [6.45, 7) is 1.59. The van der Waals surface area contributed by atoms with Crippen molar-refractivity contribution in [2.24, 2.45) is 29.4 Å². The van der Waals surface area contributed by atoms with Gasteiger partial charge in [0.05, 0.1) is 24.1 Å². The van der Waals surface area contributed by atoms with Gasteiger partial charge >= 0.3 is 6.09 Å². The number of aromatic hydroxyl groups is 1. The molecule has 1 aromatic carbocycles. The molecule has 1 aromatic rings. The number of phenols is 1. The van der Waals surface area contributed by atoms with Crippen molar-refractivity contribution in [3.05, 3.63) is 22.8 Å². The van der Waals surface area contributed by atoms with Crippen LogP contribution in [0.2, 0.25) is 0 Å². The van der Waals surface area contributed by atoms with E-state index in [-0.39, 0.29) is 37.1 Å². The van der Waals surface area contributed by atoms with Crippen LogP contribution in [-0.4, -0.2) is 96.7 Å². The molecule has 40 heavy (non-hydrogen) atoms. The first-order valence-electron chi connectivity index (χ1n) is 13.0. The molecule has 2 saturated carbocycles. The number of alkyl carbamates (subject to hydrolysis) is 1. The van der Waals surface area contributed by atoms with Crippen LogP contribution in [0.1, 0.15) is 34.8 Å². The number of anilines is 1. The largest absolute Gasteiger partial charge is 0.507 e. The average Bonchev–Trinajstić information content (AvgIpc) is 2.85.